The molecule has 1 N–H and O–H groups in total. The van der Waals surface area contributed by atoms with Crippen LogP contribution in [0.4, 0.5) is 0 Å². The van der Waals surface area contributed by atoms with Crippen LogP contribution in [0.25, 0.3) is 11.3 Å². The van der Waals surface area contributed by atoms with Gasteiger partial charge in [0.2, 0.25) is 0 Å². The molecule has 3 aromatic rings. The van der Waals surface area contributed by atoms with Crippen LogP contribution in [0.15, 0.2) is 65.1 Å². The normalized spacial score (nSPS) is 17.3. The maximum atomic E-state index is 13.0. The Bertz CT molecular complexity index is 896. The molecule has 0 radical (unpaired) electrons. The minimum atomic E-state index is -0.107. The second-order valence-corrected chi connectivity index (χ2v) is 6.94. The number of aromatic nitrogens is 2. The number of amides is 1. The van der Waals surface area contributed by atoms with Gasteiger partial charge in [0.1, 0.15) is 17.5 Å². The maximum Gasteiger partial charge on any atom is 0.273 e. The molecule has 0 aliphatic carbocycles. The third-order valence-corrected chi connectivity index (χ3v) is 5.27. The first-order chi connectivity index (χ1) is 12.7. The van der Waals surface area contributed by atoms with Crippen LogP contribution >= 0.6 is 15.9 Å². The first kappa shape index (κ1) is 17.0. The van der Waals surface area contributed by atoms with Gasteiger partial charge in [0, 0.05) is 12.1 Å². The predicted octanol–water partition coefficient (Wildman–Crippen LogP) is 4.05. The van der Waals surface area contributed by atoms with Crippen molar-refractivity contribution < 1.29 is 9.53 Å². The summed E-state index contributed by atoms with van der Waals surface area (Å²) in [6, 6.07) is 19.8. The number of carbonyl (C=O) groups is 1. The monoisotopic (exact) mass is 411 g/mol. The molecular formula is C20H18BrN3O2. The van der Waals surface area contributed by atoms with Gasteiger partial charge in [-0.2, -0.15) is 5.10 Å². The van der Waals surface area contributed by atoms with E-state index in [1.54, 1.807) is 0 Å². The fourth-order valence-corrected chi connectivity index (χ4v) is 3.69. The number of hydrogen-bond acceptors (Lipinski definition) is 3. The summed E-state index contributed by atoms with van der Waals surface area (Å²) in [5.74, 6) is -0.0733. The van der Waals surface area contributed by atoms with Gasteiger partial charge in [0.25, 0.3) is 5.91 Å². The smallest absolute Gasteiger partial charge is 0.273 e. The molecule has 26 heavy (non-hydrogen) atoms. The molecule has 0 spiro atoms. The molecule has 5 nitrogen and oxygen atoms in total. The van der Waals surface area contributed by atoms with Crippen molar-refractivity contribution in [1.82, 2.24) is 15.1 Å². The highest BCUT2D eigenvalue weighted by molar-refractivity contribution is 9.10. The number of aromatic amines is 1. The van der Waals surface area contributed by atoms with Gasteiger partial charge >= 0.3 is 0 Å². The zero-order valence-corrected chi connectivity index (χ0v) is 15.6. The number of carbonyl (C=O) groups excluding carboxylic acids is 1. The van der Waals surface area contributed by atoms with E-state index in [2.05, 4.69) is 26.1 Å². The van der Waals surface area contributed by atoms with Crippen molar-refractivity contribution in [3.05, 3.63) is 76.4 Å². The quantitative estimate of drug-likeness (QED) is 0.706. The molecular weight excluding hydrogens is 394 g/mol. The van der Waals surface area contributed by atoms with E-state index in [0.717, 1.165) is 16.8 Å². The largest absolute Gasteiger partial charge is 0.370 e. The number of nitrogens with one attached hydrogen (secondary N) is 1. The Kier molecular flexibility index (Phi) is 4.86. The van der Waals surface area contributed by atoms with Gasteiger partial charge in [-0.3, -0.25) is 9.89 Å². The first-order valence-corrected chi connectivity index (χ1v) is 9.28. The standard InChI is InChI=1S/C20H18BrN3O2/c21-17-18(15-9-5-2-6-10-15)22-23-19(17)20(25)24-11-12-26-16(13-24)14-7-3-1-4-8-14/h1-10,16H,11-13H2,(H,22,23). The van der Waals surface area contributed by atoms with Crippen molar-refractivity contribution in [1.29, 1.82) is 0 Å². The van der Waals surface area contributed by atoms with Crippen LogP contribution in [-0.2, 0) is 4.74 Å². The van der Waals surface area contributed by atoms with Crippen LogP contribution in [0.3, 0.4) is 0 Å². The minimum absolute atomic E-state index is 0.0733. The van der Waals surface area contributed by atoms with Crippen molar-refractivity contribution >= 4 is 21.8 Å². The summed E-state index contributed by atoms with van der Waals surface area (Å²) in [5, 5.41) is 7.22. The lowest BCUT2D eigenvalue weighted by molar-refractivity contribution is -0.0230. The molecule has 4 rings (SSSR count). The van der Waals surface area contributed by atoms with E-state index in [4.69, 9.17) is 4.74 Å². The zero-order valence-electron chi connectivity index (χ0n) is 14.1. The Hall–Kier alpha value is -2.44. The van der Waals surface area contributed by atoms with Crippen molar-refractivity contribution in [3.63, 3.8) is 0 Å². The van der Waals surface area contributed by atoms with Gasteiger partial charge in [0.15, 0.2) is 0 Å². The molecule has 1 fully saturated rings. The molecule has 2 aromatic carbocycles. The third kappa shape index (κ3) is 3.30. The molecule has 0 saturated carbocycles. The number of morpholine rings is 1. The molecule has 1 amide bonds. The molecule has 0 bridgehead atoms. The van der Waals surface area contributed by atoms with E-state index >= 15 is 0 Å². The molecule has 1 unspecified atom stereocenters. The van der Waals surface area contributed by atoms with Crippen molar-refractivity contribution in [2.45, 2.75) is 6.10 Å². The second-order valence-electron chi connectivity index (χ2n) is 6.15. The van der Waals surface area contributed by atoms with Crippen LogP contribution < -0.4 is 0 Å². The summed E-state index contributed by atoms with van der Waals surface area (Å²) < 4.78 is 6.54. The van der Waals surface area contributed by atoms with Crippen molar-refractivity contribution in [2.24, 2.45) is 0 Å². The molecule has 1 atom stereocenters. The minimum Gasteiger partial charge on any atom is -0.370 e. The summed E-state index contributed by atoms with van der Waals surface area (Å²) >= 11 is 3.54. The molecule has 1 saturated heterocycles. The van der Waals surface area contributed by atoms with Crippen LogP contribution in [0, 0.1) is 0 Å². The fraction of sp³-hybridized carbons (Fsp3) is 0.200. The summed E-state index contributed by atoms with van der Waals surface area (Å²) in [6.07, 6.45) is -0.107. The fourth-order valence-electron chi connectivity index (χ4n) is 3.12. The number of benzene rings is 2. The number of nitrogens with zero attached hydrogens (tertiary/aromatic N) is 2. The van der Waals surface area contributed by atoms with Crippen LogP contribution in [0.5, 0.6) is 0 Å². The number of ether oxygens (including phenoxy) is 1. The Morgan fingerprint density at radius 3 is 2.54 bits per heavy atom. The van der Waals surface area contributed by atoms with E-state index in [1.807, 2.05) is 65.6 Å². The van der Waals surface area contributed by atoms with Gasteiger partial charge in [-0.15, -0.1) is 0 Å². The summed E-state index contributed by atoms with van der Waals surface area (Å²) in [4.78, 5) is 14.8. The van der Waals surface area contributed by atoms with E-state index < -0.39 is 0 Å². The second kappa shape index (κ2) is 7.43. The topological polar surface area (TPSA) is 58.2 Å². The molecule has 132 valence electrons. The highest BCUT2D eigenvalue weighted by Gasteiger charge is 2.29. The van der Waals surface area contributed by atoms with Crippen LogP contribution in [-0.4, -0.2) is 40.7 Å². The Balaban J connectivity index is 1.55. The Morgan fingerprint density at radius 1 is 1.12 bits per heavy atom. The van der Waals surface area contributed by atoms with E-state index in [9.17, 15) is 4.79 Å². The van der Waals surface area contributed by atoms with Gasteiger partial charge < -0.3 is 9.64 Å². The number of rotatable bonds is 3. The summed E-state index contributed by atoms with van der Waals surface area (Å²) in [7, 11) is 0. The molecule has 6 heteroatoms. The molecule has 1 aliphatic rings. The molecule has 1 aliphatic heterocycles. The third-order valence-electron chi connectivity index (χ3n) is 4.49. The van der Waals surface area contributed by atoms with Crippen LogP contribution in [0.1, 0.15) is 22.2 Å². The van der Waals surface area contributed by atoms with Gasteiger partial charge in [-0.05, 0) is 21.5 Å². The highest BCUT2D eigenvalue weighted by atomic mass is 79.9. The van der Waals surface area contributed by atoms with E-state index in [1.165, 1.54) is 0 Å². The lowest BCUT2D eigenvalue weighted by atomic mass is 10.1. The Labute approximate surface area is 160 Å². The molecule has 1 aromatic heterocycles. The van der Waals surface area contributed by atoms with E-state index in [-0.39, 0.29) is 12.0 Å². The lowest BCUT2D eigenvalue weighted by Crippen LogP contribution is -2.42. The van der Waals surface area contributed by atoms with Crippen molar-refractivity contribution in [2.75, 3.05) is 19.7 Å². The number of halogens is 1. The Morgan fingerprint density at radius 2 is 1.81 bits per heavy atom. The van der Waals surface area contributed by atoms with Gasteiger partial charge in [0.05, 0.1) is 17.6 Å². The number of H-pyrrole nitrogens is 1. The average molecular weight is 412 g/mol. The molecule has 2 heterocycles. The van der Waals surface area contributed by atoms with Gasteiger partial charge in [-0.25, -0.2) is 0 Å². The van der Waals surface area contributed by atoms with Gasteiger partial charge in [-0.1, -0.05) is 60.7 Å². The summed E-state index contributed by atoms with van der Waals surface area (Å²) in [6.45, 7) is 1.60. The lowest BCUT2D eigenvalue weighted by Gasteiger charge is -2.33. The summed E-state index contributed by atoms with van der Waals surface area (Å²) in [5.41, 5.74) is 3.25. The van der Waals surface area contributed by atoms with Crippen LogP contribution in [0.2, 0.25) is 0 Å². The zero-order chi connectivity index (χ0) is 17.9. The maximum absolute atomic E-state index is 13.0. The number of hydrogen-bond donors (Lipinski definition) is 1. The SMILES string of the molecule is O=C(c1[nH]nc(-c2ccccc2)c1Br)N1CCOC(c2ccccc2)C1. The van der Waals surface area contributed by atoms with E-state index in [0.29, 0.717) is 29.9 Å². The van der Waals surface area contributed by atoms with Crippen molar-refractivity contribution in [3.8, 4) is 11.3 Å². The first-order valence-electron chi connectivity index (χ1n) is 8.49. The highest BCUT2D eigenvalue weighted by Crippen LogP contribution is 2.30. The predicted molar refractivity (Wildman–Crippen MR) is 103 cm³/mol. The average Bonchev–Trinajstić information content (AvgIpc) is 3.10.